The second-order valence-electron chi connectivity index (χ2n) is 1.82. The summed E-state index contributed by atoms with van der Waals surface area (Å²) in [5.74, 6) is 0. The van der Waals surface area contributed by atoms with Crippen molar-refractivity contribution in [2.45, 2.75) is 0 Å². The van der Waals surface area contributed by atoms with Gasteiger partial charge >= 0.3 is 72.9 Å². The van der Waals surface area contributed by atoms with Gasteiger partial charge in [0.1, 0.15) is 0 Å². The van der Waals surface area contributed by atoms with Crippen LogP contribution in [0.4, 0.5) is 0 Å². The average molecular weight is 259 g/mol. The van der Waals surface area contributed by atoms with Gasteiger partial charge in [0.25, 0.3) is 0 Å². The Morgan fingerprint density at radius 3 is 1.89 bits per heavy atom. The molecule has 0 spiro atoms. The van der Waals surface area contributed by atoms with Crippen LogP contribution in [0.1, 0.15) is 0 Å². The molecule has 9 heavy (non-hydrogen) atoms. The van der Waals surface area contributed by atoms with Gasteiger partial charge in [-0.3, -0.25) is 0 Å². The molecular formula is C5H12IN2S-. The van der Waals surface area contributed by atoms with E-state index in [-0.39, 0.29) is 21.5 Å². The first kappa shape index (κ1) is 9.42. The molecule has 0 fully saturated rings. The minimum absolute atomic E-state index is 0.121. The molecule has 0 amide bonds. The fraction of sp³-hybridized carbons (Fsp3) is 0.800. The van der Waals surface area contributed by atoms with Crippen molar-refractivity contribution in [3.63, 3.8) is 0 Å². The summed E-state index contributed by atoms with van der Waals surface area (Å²) in [5.41, 5.74) is 0. The zero-order valence-electron chi connectivity index (χ0n) is 6.18. The second kappa shape index (κ2) is 4.27. The van der Waals surface area contributed by atoms with E-state index in [1.54, 1.807) is 0 Å². The minimum atomic E-state index is 0.121. The maximum absolute atomic E-state index is 5.08. The summed E-state index contributed by atoms with van der Waals surface area (Å²) >= 11 is 5.20. The molecule has 0 saturated carbocycles. The average Bonchev–Trinajstić information content (AvgIpc) is 1.84. The van der Waals surface area contributed by atoms with Gasteiger partial charge in [-0.25, -0.2) is 0 Å². The van der Waals surface area contributed by atoms with Gasteiger partial charge in [0.05, 0.1) is 0 Å². The molecule has 0 aliphatic heterocycles. The first-order valence-corrected chi connectivity index (χ1v) is 6.07. The monoisotopic (exact) mass is 259 g/mol. The molecule has 0 bridgehead atoms. The van der Waals surface area contributed by atoms with Crippen LogP contribution < -0.4 is 21.5 Å². The van der Waals surface area contributed by atoms with E-state index in [4.69, 9.17) is 12.2 Å². The van der Waals surface area contributed by atoms with Gasteiger partial charge in [0.2, 0.25) is 0 Å². The van der Waals surface area contributed by atoms with Crippen molar-refractivity contribution < 1.29 is 21.5 Å². The Balaban J connectivity index is 3.73. The number of hydrogen-bond acceptors (Lipinski definition) is 1. The predicted molar refractivity (Wildman–Crippen MR) is 40.0 cm³/mol. The van der Waals surface area contributed by atoms with E-state index >= 15 is 0 Å². The van der Waals surface area contributed by atoms with E-state index in [9.17, 15) is 0 Å². The molecule has 0 N–H and O–H groups in total. The van der Waals surface area contributed by atoms with E-state index < -0.39 is 0 Å². The van der Waals surface area contributed by atoms with Gasteiger partial charge < -0.3 is 0 Å². The van der Waals surface area contributed by atoms with Crippen molar-refractivity contribution in [2.24, 2.45) is 0 Å². The molecule has 0 unspecified atom stereocenters. The number of alkyl halides is 1. The molecule has 0 atom stereocenters. The molecule has 0 aromatic carbocycles. The molecule has 0 radical (unpaired) electrons. The first-order chi connectivity index (χ1) is 4.09. The summed E-state index contributed by atoms with van der Waals surface area (Å²) in [5, 5.41) is 0.935. The fourth-order valence-corrected chi connectivity index (χ4v) is 1.66. The number of rotatable bonds is 1. The van der Waals surface area contributed by atoms with E-state index in [0.29, 0.717) is 0 Å². The molecule has 0 aromatic heterocycles. The van der Waals surface area contributed by atoms with Crippen LogP contribution in [0.5, 0.6) is 0 Å². The molecule has 0 rings (SSSR count). The Hall–Kier alpha value is 0.420. The molecule has 2 nitrogen and oxygen atoms in total. The fourth-order valence-electron chi connectivity index (χ4n) is 0.348. The van der Waals surface area contributed by atoms with Gasteiger partial charge in [-0.1, -0.05) is 0 Å². The van der Waals surface area contributed by atoms with Crippen molar-refractivity contribution in [3.05, 3.63) is 0 Å². The predicted octanol–water partition coefficient (Wildman–Crippen LogP) is -2.60. The third-order valence-corrected chi connectivity index (χ3v) is 3.77. The second-order valence-corrected chi connectivity index (χ2v) is 4.60. The van der Waals surface area contributed by atoms with Crippen LogP contribution >= 0.6 is 12.2 Å². The molecule has 4 heteroatoms. The molecule has 0 heterocycles. The van der Waals surface area contributed by atoms with Gasteiger partial charge in [-0.2, -0.15) is 0 Å². The summed E-state index contributed by atoms with van der Waals surface area (Å²) in [6.07, 6.45) is 0. The molecular weight excluding hydrogens is 247 g/mol. The number of halogens is 1. The third kappa shape index (κ3) is 3.20. The normalized spacial score (nSPS) is 9.33. The van der Waals surface area contributed by atoms with Crippen LogP contribution in [0.3, 0.4) is 0 Å². The zero-order valence-corrected chi connectivity index (χ0v) is 9.15. The quantitative estimate of drug-likeness (QED) is 0.221. The van der Waals surface area contributed by atoms with E-state index in [1.807, 2.05) is 26.0 Å². The molecule has 0 aliphatic carbocycles. The standard InChI is InChI=1S/C5H12IN2S/c1-6-8(4)5(9)7(2)3/h1-4H3/q-1. The summed E-state index contributed by atoms with van der Waals surface area (Å²) in [6, 6.07) is 0. The summed E-state index contributed by atoms with van der Waals surface area (Å²) in [4.78, 5) is 4.15. The first-order valence-electron chi connectivity index (χ1n) is 2.54. The zero-order chi connectivity index (χ0) is 7.44. The Morgan fingerprint density at radius 2 is 1.78 bits per heavy atom. The SMILES string of the molecule is C[I-]N(C)C(=S)N(C)C. The van der Waals surface area contributed by atoms with E-state index in [0.717, 1.165) is 5.11 Å². The van der Waals surface area contributed by atoms with Crippen LogP contribution in [-0.2, 0) is 0 Å². The summed E-state index contributed by atoms with van der Waals surface area (Å²) in [6.45, 7) is 0. The van der Waals surface area contributed by atoms with Crippen LogP contribution in [0.15, 0.2) is 0 Å². The number of hydrogen-bond donors (Lipinski definition) is 0. The van der Waals surface area contributed by atoms with Gasteiger partial charge in [-0.05, 0) is 0 Å². The Bertz CT molecular complexity index is 105. The van der Waals surface area contributed by atoms with E-state index in [1.165, 1.54) is 0 Å². The molecule has 0 aliphatic rings. The Labute approximate surface area is 72.8 Å². The summed E-state index contributed by atoms with van der Waals surface area (Å²) in [7, 11) is 5.98. The summed E-state index contributed by atoms with van der Waals surface area (Å²) < 4.78 is 2.13. The third-order valence-electron chi connectivity index (χ3n) is 0.900. The molecule has 56 valence electrons. The van der Waals surface area contributed by atoms with Gasteiger partial charge in [-0.15, -0.1) is 0 Å². The Kier molecular flexibility index (Phi) is 4.47. The van der Waals surface area contributed by atoms with Crippen molar-refractivity contribution in [1.82, 2.24) is 8.01 Å². The van der Waals surface area contributed by atoms with Crippen LogP contribution in [-0.4, -0.2) is 39.2 Å². The Morgan fingerprint density at radius 1 is 1.33 bits per heavy atom. The number of thiocarbonyl (C=S) groups is 1. The van der Waals surface area contributed by atoms with Crippen LogP contribution in [0, 0.1) is 0 Å². The molecule has 0 aromatic rings. The van der Waals surface area contributed by atoms with Crippen molar-refractivity contribution >= 4 is 17.3 Å². The van der Waals surface area contributed by atoms with Crippen molar-refractivity contribution in [2.75, 3.05) is 26.1 Å². The topological polar surface area (TPSA) is 6.48 Å². The maximum atomic E-state index is 5.08. The molecule has 0 saturated heterocycles. The van der Waals surface area contributed by atoms with Gasteiger partial charge in [0.15, 0.2) is 0 Å². The van der Waals surface area contributed by atoms with E-state index in [2.05, 4.69) is 8.04 Å². The van der Waals surface area contributed by atoms with Gasteiger partial charge in [0, 0.05) is 0 Å². The van der Waals surface area contributed by atoms with Crippen molar-refractivity contribution in [1.29, 1.82) is 0 Å². The van der Waals surface area contributed by atoms with Crippen molar-refractivity contribution in [3.8, 4) is 0 Å². The number of nitrogens with zero attached hydrogens (tertiary/aromatic N) is 2. The van der Waals surface area contributed by atoms with Crippen LogP contribution in [0.25, 0.3) is 0 Å². The van der Waals surface area contributed by atoms with Crippen LogP contribution in [0.2, 0.25) is 0 Å².